The molecule has 2 nitrogen and oxygen atoms in total. The van der Waals surface area contributed by atoms with Crippen molar-refractivity contribution in [2.24, 2.45) is 0 Å². The molecule has 0 amide bonds. The third kappa shape index (κ3) is 2.34. The van der Waals surface area contributed by atoms with E-state index in [0.29, 0.717) is 0 Å². The molecule has 0 bridgehead atoms. The van der Waals surface area contributed by atoms with Gasteiger partial charge < -0.3 is 9.64 Å². The van der Waals surface area contributed by atoms with E-state index in [1.54, 1.807) is 0 Å². The second kappa shape index (κ2) is 5.45. The topological polar surface area (TPSA) is 12.5 Å². The third-order valence-electron chi connectivity index (χ3n) is 3.60. The number of nitrogens with zero attached hydrogens (tertiary/aromatic N) is 1. The van der Waals surface area contributed by atoms with Gasteiger partial charge in [0.1, 0.15) is 0 Å². The minimum atomic E-state index is 0.0199. The van der Waals surface area contributed by atoms with Gasteiger partial charge in [-0.05, 0) is 11.6 Å². The van der Waals surface area contributed by atoms with E-state index in [1.165, 1.54) is 11.3 Å². The second-order valence-electron chi connectivity index (χ2n) is 5.04. The summed E-state index contributed by atoms with van der Waals surface area (Å²) in [4.78, 5) is 2.28. The molecule has 0 unspecified atom stereocenters. The summed E-state index contributed by atoms with van der Waals surface area (Å²) >= 11 is 3.36. The Labute approximate surface area is 118 Å². The van der Waals surface area contributed by atoms with E-state index in [4.69, 9.17) is 4.74 Å². The molecule has 0 N–H and O–H groups in total. The van der Waals surface area contributed by atoms with Gasteiger partial charge in [-0.25, -0.2) is 0 Å². The van der Waals surface area contributed by atoms with Crippen molar-refractivity contribution < 1.29 is 4.74 Å². The molecule has 0 fully saturated rings. The normalized spacial score (nSPS) is 17.1. The molecule has 0 radical (unpaired) electrons. The molecule has 0 spiro atoms. The van der Waals surface area contributed by atoms with Crippen LogP contribution in [0.2, 0.25) is 0 Å². The van der Waals surface area contributed by atoms with Gasteiger partial charge in [-0.15, -0.1) is 0 Å². The Bertz CT molecular complexity index is 442. The first kappa shape index (κ1) is 13.6. The molecule has 1 heterocycles. The SMILES string of the molecule is C=C1N(CCOCCBr)c2ccccc2C1(C)C. The fraction of sp³-hybridized carbons (Fsp3) is 0.467. The number of para-hydroxylation sites is 1. The molecule has 1 aliphatic rings. The molecule has 0 saturated carbocycles. The Balaban J connectivity index is 2.15. The molecular formula is C15H20BrNO. The summed E-state index contributed by atoms with van der Waals surface area (Å²) in [7, 11) is 0. The molecular weight excluding hydrogens is 290 g/mol. The summed E-state index contributed by atoms with van der Waals surface area (Å²) in [5.74, 6) is 0. The Morgan fingerprint density at radius 3 is 2.72 bits per heavy atom. The van der Waals surface area contributed by atoms with E-state index in [1.807, 2.05) is 0 Å². The minimum absolute atomic E-state index is 0.0199. The quantitative estimate of drug-likeness (QED) is 0.607. The first-order valence-corrected chi connectivity index (χ1v) is 7.41. The second-order valence-corrected chi connectivity index (χ2v) is 5.83. The highest BCUT2D eigenvalue weighted by Crippen LogP contribution is 2.46. The monoisotopic (exact) mass is 309 g/mol. The summed E-state index contributed by atoms with van der Waals surface area (Å²) in [5.41, 5.74) is 3.81. The van der Waals surface area contributed by atoms with Gasteiger partial charge in [0.2, 0.25) is 0 Å². The maximum absolute atomic E-state index is 5.55. The van der Waals surface area contributed by atoms with Crippen molar-refractivity contribution in [1.29, 1.82) is 0 Å². The zero-order valence-electron chi connectivity index (χ0n) is 11.1. The van der Waals surface area contributed by atoms with E-state index >= 15 is 0 Å². The van der Waals surface area contributed by atoms with E-state index in [0.717, 1.165) is 30.8 Å². The zero-order valence-corrected chi connectivity index (χ0v) is 12.7. The lowest BCUT2D eigenvalue weighted by molar-refractivity contribution is 0.158. The summed E-state index contributed by atoms with van der Waals surface area (Å²) in [6, 6.07) is 8.54. The van der Waals surface area contributed by atoms with Crippen molar-refractivity contribution in [3.8, 4) is 0 Å². The fourth-order valence-electron chi connectivity index (χ4n) is 2.44. The molecule has 1 aromatic carbocycles. The molecule has 0 atom stereocenters. The van der Waals surface area contributed by atoms with E-state index in [2.05, 4.69) is 65.5 Å². The van der Waals surface area contributed by atoms with Gasteiger partial charge in [-0.3, -0.25) is 0 Å². The summed E-state index contributed by atoms with van der Waals surface area (Å²) in [6.07, 6.45) is 0. The number of anilines is 1. The maximum Gasteiger partial charge on any atom is 0.0646 e. The first-order chi connectivity index (χ1) is 8.59. The molecule has 0 aromatic heterocycles. The van der Waals surface area contributed by atoms with Gasteiger partial charge in [0.25, 0.3) is 0 Å². The van der Waals surface area contributed by atoms with Gasteiger partial charge in [0.05, 0.1) is 13.2 Å². The molecule has 3 heteroatoms. The van der Waals surface area contributed by atoms with Crippen molar-refractivity contribution in [3.05, 3.63) is 42.1 Å². The molecule has 18 heavy (non-hydrogen) atoms. The highest BCUT2D eigenvalue weighted by atomic mass is 79.9. The van der Waals surface area contributed by atoms with Crippen LogP contribution in [0.1, 0.15) is 19.4 Å². The standard InChI is InChI=1S/C15H20BrNO/c1-12-15(2,3)13-6-4-5-7-14(13)17(12)9-11-18-10-8-16/h4-7H,1,8-11H2,2-3H3. The van der Waals surface area contributed by atoms with Gasteiger partial charge in [0.15, 0.2) is 0 Å². The van der Waals surface area contributed by atoms with Gasteiger partial charge in [-0.2, -0.15) is 0 Å². The van der Waals surface area contributed by atoms with Crippen molar-refractivity contribution in [1.82, 2.24) is 0 Å². The van der Waals surface area contributed by atoms with Crippen LogP contribution in [0.15, 0.2) is 36.5 Å². The van der Waals surface area contributed by atoms with Crippen molar-refractivity contribution in [2.75, 3.05) is 30.0 Å². The van der Waals surface area contributed by atoms with Crippen LogP contribution in [0, 0.1) is 0 Å². The highest BCUT2D eigenvalue weighted by molar-refractivity contribution is 9.09. The van der Waals surface area contributed by atoms with Gasteiger partial charge in [0, 0.05) is 28.7 Å². The lowest BCUT2D eigenvalue weighted by Crippen LogP contribution is -2.28. The van der Waals surface area contributed by atoms with Crippen molar-refractivity contribution >= 4 is 21.6 Å². The smallest absolute Gasteiger partial charge is 0.0646 e. The number of halogens is 1. The number of benzene rings is 1. The zero-order chi connectivity index (χ0) is 13.2. The number of rotatable bonds is 5. The Morgan fingerprint density at radius 1 is 1.28 bits per heavy atom. The van der Waals surface area contributed by atoms with Crippen LogP contribution in [-0.4, -0.2) is 25.1 Å². The lowest BCUT2D eigenvalue weighted by atomic mass is 9.85. The van der Waals surface area contributed by atoms with Crippen LogP contribution < -0.4 is 4.90 Å². The fourth-order valence-corrected chi connectivity index (χ4v) is 2.67. The third-order valence-corrected chi connectivity index (χ3v) is 3.92. The summed E-state index contributed by atoms with van der Waals surface area (Å²) in [5, 5.41) is 0.885. The summed E-state index contributed by atoms with van der Waals surface area (Å²) < 4.78 is 5.55. The van der Waals surface area contributed by atoms with Crippen LogP contribution in [0.5, 0.6) is 0 Å². The predicted molar refractivity (Wildman–Crippen MR) is 80.6 cm³/mol. The van der Waals surface area contributed by atoms with Crippen LogP contribution >= 0.6 is 15.9 Å². The predicted octanol–water partition coefficient (Wildman–Crippen LogP) is 3.71. The van der Waals surface area contributed by atoms with Crippen LogP contribution in [0.3, 0.4) is 0 Å². The number of fused-ring (bicyclic) bond motifs is 1. The first-order valence-electron chi connectivity index (χ1n) is 6.29. The Hall–Kier alpha value is -0.800. The average molecular weight is 310 g/mol. The maximum atomic E-state index is 5.55. The van der Waals surface area contributed by atoms with E-state index in [9.17, 15) is 0 Å². The molecule has 2 rings (SSSR count). The Kier molecular flexibility index (Phi) is 4.13. The van der Waals surface area contributed by atoms with Gasteiger partial charge >= 0.3 is 0 Å². The number of allylic oxidation sites excluding steroid dienone is 1. The van der Waals surface area contributed by atoms with Crippen molar-refractivity contribution in [3.63, 3.8) is 0 Å². The van der Waals surface area contributed by atoms with Crippen LogP contribution in [-0.2, 0) is 10.2 Å². The van der Waals surface area contributed by atoms with Crippen molar-refractivity contribution in [2.45, 2.75) is 19.3 Å². The molecule has 0 aliphatic carbocycles. The molecule has 98 valence electrons. The average Bonchev–Trinajstić information content (AvgIpc) is 2.56. The highest BCUT2D eigenvalue weighted by Gasteiger charge is 2.38. The number of hydrogen-bond acceptors (Lipinski definition) is 2. The van der Waals surface area contributed by atoms with Crippen LogP contribution in [0.25, 0.3) is 0 Å². The van der Waals surface area contributed by atoms with Gasteiger partial charge in [-0.1, -0.05) is 54.6 Å². The largest absolute Gasteiger partial charge is 0.379 e. The lowest BCUT2D eigenvalue weighted by Gasteiger charge is -2.25. The van der Waals surface area contributed by atoms with Crippen LogP contribution in [0.4, 0.5) is 5.69 Å². The van der Waals surface area contributed by atoms with E-state index < -0.39 is 0 Å². The molecule has 0 saturated heterocycles. The molecule has 1 aromatic rings. The van der Waals surface area contributed by atoms with E-state index in [-0.39, 0.29) is 5.41 Å². The number of hydrogen-bond donors (Lipinski definition) is 0. The minimum Gasteiger partial charge on any atom is -0.379 e. The summed E-state index contributed by atoms with van der Waals surface area (Å²) in [6.45, 7) is 11.1. The number of alkyl halides is 1. The Morgan fingerprint density at radius 2 is 2.00 bits per heavy atom. The number of ether oxygens (including phenoxy) is 1. The molecule has 1 aliphatic heterocycles.